The fourth-order valence-corrected chi connectivity index (χ4v) is 3.74. The first kappa shape index (κ1) is 19.9. The van der Waals surface area contributed by atoms with E-state index >= 15 is 0 Å². The van der Waals surface area contributed by atoms with E-state index in [1.807, 2.05) is 24.3 Å². The molecular weight excluding hydrogens is 386 g/mol. The molecule has 4 rings (SSSR count). The Bertz CT molecular complexity index is 917. The lowest BCUT2D eigenvalue weighted by molar-refractivity contribution is -0.119. The average molecular weight is 411 g/mol. The van der Waals surface area contributed by atoms with Crippen molar-refractivity contribution < 1.29 is 14.3 Å². The summed E-state index contributed by atoms with van der Waals surface area (Å²) in [7, 11) is 0. The second-order valence-electron chi connectivity index (χ2n) is 7.22. The number of carbonyl (C=O) groups is 2. The van der Waals surface area contributed by atoms with E-state index in [2.05, 4.69) is 25.5 Å². The molecule has 0 saturated carbocycles. The first-order valence-corrected chi connectivity index (χ1v) is 10.00. The molecule has 2 aliphatic heterocycles. The zero-order valence-electron chi connectivity index (χ0n) is 16.6. The van der Waals surface area contributed by atoms with Crippen LogP contribution in [0.4, 0.5) is 27.9 Å². The van der Waals surface area contributed by atoms with Gasteiger partial charge in [-0.25, -0.2) is 9.78 Å². The van der Waals surface area contributed by atoms with Crippen LogP contribution in [0.5, 0.6) is 0 Å². The van der Waals surface area contributed by atoms with Gasteiger partial charge in [0, 0.05) is 37.2 Å². The van der Waals surface area contributed by atoms with Crippen LogP contribution in [0.3, 0.4) is 0 Å². The van der Waals surface area contributed by atoms with Crippen LogP contribution in [-0.2, 0) is 9.53 Å². The molecule has 0 unspecified atom stereocenters. The number of ether oxygens (including phenoxy) is 1. The molecule has 10 nitrogen and oxygen atoms in total. The van der Waals surface area contributed by atoms with Gasteiger partial charge in [0.25, 0.3) is 0 Å². The number of aromatic nitrogens is 2. The van der Waals surface area contributed by atoms with Gasteiger partial charge in [-0.05, 0) is 37.1 Å². The van der Waals surface area contributed by atoms with E-state index in [0.717, 1.165) is 25.2 Å². The second-order valence-corrected chi connectivity index (χ2v) is 7.22. The molecule has 1 aromatic heterocycles. The van der Waals surface area contributed by atoms with E-state index in [-0.39, 0.29) is 0 Å². The average Bonchev–Trinajstić information content (AvgIpc) is 3.25. The molecule has 2 saturated heterocycles. The van der Waals surface area contributed by atoms with Crippen LogP contribution in [-0.4, -0.2) is 60.8 Å². The maximum atomic E-state index is 12.5. The Hall–Kier alpha value is -3.40. The molecule has 3 amide bonds. The highest BCUT2D eigenvalue weighted by Crippen LogP contribution is 2.23. The molecule has 2 fully saturated rings. The molecule has 0 radical (unpaired) electrons. The maximum absolute atomic E-state index is 12.5. The van der Waals surface area contributed by atoms with Crippen LogP contribution in [0.15, 0.2) is 36.5 Å². The summed E-state index contributed by atoms with van der Waals surface area (Å²) in [6, 6.07) is 8.44. The first-order valence-electron chi connectivity index (χ1n) is 10.00. The molecular formula is C20H25N7O3. The monoisotopic (exact) mass is 411 g/mol. The van der Waals surface area contributed by atoms with E-state index in [9.17, 15) is 9.59 Å². The number of morpholine rings is 1. The summed E-state index contributed by atoms with van der Waals surface area (Å²) < 4.78 is 5.39. The molecule has 4 N–H and O–H groups in total. The summed E-state index contributed by atoms with van der Waals surface area (Å²) in [4.78, 5) is 36.7. The van der Waals surface area contributed by atoms with Crippen molar-refractivity contribution in [3.05, 3.63) is 36.5 Å². The smallest absolute Gasteiger partial charge is 0.324 e. The number of nitrogens with one attached hydrogen (secondary N) is 2. The molecule has 2 aromatic rings. The van der Waals surface area contributed by atoms with Crippen LogP contribution >= 0.6 is 0 Å². The number of nitrogens with zero attached hydrogens (tertiary/aromatic N) is 4. The number of anilines is 4. The van der Waals surface area contributed by atoms with Crippen LogP contribution < -0.4 is 26.2 Å². The largest absolute Gasteiger partial charge is 0.378 e. The van der Waals surface area contributed by atoms with Gasteiger partial charge in [0.15, 0.2) is 0 Å². The van der Waals surface area contributed by atoms with Crippen LogP contribution in [0.1, 0.15) is 12.8 Å². The number of carbonyl (C=O) groups excluding carboxylic acids is 2. The third-order valence-electron chi connectivity index (χ3n) is 5.20. The van der Waals surface area contributed by atoms with Crippen molar-refractivity contribution in [3.8, 4) is 0 Å². The Kier molecular flexibility index (Phi) is 5.94. The standard InChI is InChI=1S/C20H25N7O3/c21-18(28)16-5-2-8-27(16)19-22-7-6-17(24-19)25-20(29)23-14-3-1-4-15(13-14)26-9-11-30-12-10-26/h1,3-4,6-7,13,16H,2,5,8-12H2,(H2,21,28)(H2,22,23,24,25,29)/t16-/m0/s1. The zero-order chi connectivity index (χ0) is 20.9. The van der Waals surface area contributed by atoms with Crippen LogP contribution in [0.25, 0.3) is 0 Å². The highest BCUT2D eigenvalue weighted by molar-refractivity contribution is 5.99. The van der Waals surface area contributed by atoms with E-state index in [0.29, 0.717) is 43.6 Å². The van der Waals surface area contributed by atoms with Crippen LogP contribution in [0, 0.1) is 0 Å². The van der Waals surface area contributed by atoms with Crippen molar-refractivity contribution in [2.75, 3.05) is 53.3 Å². The van der Waals surface area contributed by atoms with E-state index in [1.54, 1.807) is 17.2 Å². The molecule has 0 bridgehead atoms. The Morgan fingerprint density at radius 3 is 2.77 bits per heavy atom. The molecule has 1 aromatic carbocycles. The Balaban J connectivity index is 1.40. The quantitative estimate of drug-likeness (QED) is 0.679. The van der Waals surface area contributed by atoms with Gasteiger partial charge < -0.3 is 25.6 Å². The van der Waals surface area contributed by atoms with Gasteiger partial charge in [0.2, 0.25) is 11.9 Å². The van der Waals surface area contributed by atoms with Gasteiger partial charge in [-0.15, -0.1) is 0 Å². The highest BCUT2D eigenvalue weighted by atomic mass is 16.5. The molecule has 2 aliphatic rings. The van der Waals surface area contributed by atoms with Gasteiger partial charge in [-0.2, -0.15) is 4.98 Å². The van der Waals surface area contributed by atoms with Gasteiger partial charge in [0.1, 0.15) is 11.9 Å². The van der Waals surface area contributed by atoms with Crippen molar-refractivity contribution in [2.45, 2.75) is 18.9 Å². The van der Waals surface area contributed by atoms with Crippen molar-refractivity contribution in [1.82, 2.24) is 9.97 Å². The number of urea groups is 1. The lowest BCUT2D eigenvalue weighted by Gasteiger charge is -2.29. The Morgan fingerprint density at radius 1 is 1.13 bits per heavy atom. The number of rotatable bonds is 5. The van der Waals surface area contributed by atoms with Crippen molar-refractivity contribution in [2.24, 2.45) is 5.73 Å². The lowest BCUT2D eigenvalue weighted by Crippen LogP contribution is -2.41. The maximum Gasteiger partial charge on any atom is 0.324 e. The minimum Gasteiger partial charge on any atom is -0.378 e. The zero-order valence-corrected chi connectivity index (χ0v) is 16.6. The lowest BCUT2D eigenvalue weighted by atomic mass is 10.2. The van der Waals surface area contributed by atoms with E-state index < -0.39 is 18.0 Å². The molecule has 0 aliphatic carbocycles. The highest BCUT2D eigenvalue weighted by Gasteiger charge is 2.31. The number of nitrogens with two attached hydrogens (primary N) is 1. The summed E-state index contributed by atoms with van der Waals surface area (Å²) in [5, 5.41) is 5.55. The molecule has 1 atom stereocenters. The predicted molar refractivity (Wildman–Crippen MR) is 114 cm³/mol. The van der Waals surface area contributed by atoms with Gasteiger partial charge >= 0.3 is 6.03 Å². The number of hydrogen-bond acceptors (Lipinski definition) is 7. The molecule has 30 heavy (non-hydrogen) atoms. The molecule has 0 spiro atoms. The van der Waals surface area contributed by atoms with Crippen molar-refractivity contribution in [1.29, 1.82) is 0 Å². The predicted octanol–water partition coefficient (Wildman–Crippen LogP) is 1.41. The summed E-state index contributed by atoms with van der Waals surface area (Å²) in [6.07, 6.45) is 3.07. The van der Waals surface area contributed by atoms with Crippen LogP contribution in [0.2, 0.25) is 0 Å². The fourth-order valence-electron chi connectivity index (χ4n) is 3.74. The molecule has 10 heteroatoms. The summed E-state index contributed by atoms with van der Waals surface area (Å²) >= 11 is 0. The summed E-state index contributed by atoms with van der Waals surface area (Å²) in [6.45, 7) is 3.69. The van der Waals surface area contributed by atoms with E-state index in [1.165, 1.54) is 0 Å². The second kappa shape index (κ2) is 8.95. The minimum absolute atomic E-state index is 0.344. The van der Waals surface area contributed by atoms with E-state index in [4.69, 9.17) is 10.5 Å². The normalized spacial score (nSPS) is 18.9. The van der Waals surface area contributed by atoms with Gasteiger partial charge in [0.05, 0.1) is 13.2 Å². The van der Waals surface area contributed by atoms with Crippen molar-refractivity contribution in [3.63, 3.8) is 0 Å². The Morgan fingerprint density at radius 2 is 1.97 bits per heavy atom. The number of primary amides is 1. The third kappa shape index (κ3) is 4.60. The fraction of sp³-hybridized carbons (Fsp3) is 0.400. The minimum atomic E-state index is -0.419. The Labute approximate surface area is 174 Å². The molecule has 3 heterocycles. The number of benzene rings is 1. The third-order valence-corrected chi connectivity index (χ3v) is 5.20. The van der Waals surface area contributed by atoms with Crippen molar-refractivity contribution >= 4 is 35.1 Å². The topological polar surface area (TPSA) is 126 Å². The molecule has 158 valence electrons. The van der Waals surface area contributed by atoms with Gasteiger partial charge in [-0.1, -0.05) is 6.07 Å². The number of hydrogen-bond donors (Lipinski definition) is 3. The van der Waals surface area contributed by atoms with Gasteiger partial charge in [-0.3, -0.25) is 10.1 Å². The SMILES string of the molecule is NC(=O)[C@@H]1CCCN1c1nccc(NC(=O)Nc2cccc(N3CCOCC3)c2)n1. The number of amides is 3. The summed E-state index contributed by atoms with van der Waals surface area (Å²) in [5.74, 6) is 0.327. The summed E-state index contributed by atoms with van der Waals surface area (Å²) in [5.41, 5.74) is 7.18. The first-order chi connectivity index (χ1) is 14.6.